The highest BCUT2D eigenvalue weighted by Gasteiger charge is 2.25. The topological polar surface area (TPSA) is 61.4 Å². The van der Waals surface area contributed by atoms with E-state index in [0.29, 0.717) is 37.2 Å². The van der Waals surface area contributed by atoms with Crippen molar-refractivity contribution in [3.63, 3.8) is 0 Å². The van der Waals surface area contributed by atoms with Crippen molar-refractivity contribution in [2.24, 2.45) is 5.92 Å². The van der Waals surface area contributed by atoms with E-state index in [9.17, 15) is 14.0 Å². The molecule has 0 bridgehead atoms. The Morgan fingerprint density at radius 1 is 1.10 bits per heavy atom. The van der Waals surface area contributed by atoms with Crippen LogP contribution in [0.4, 0.5) is 14.9 Å². The summed E-state index contributed by atoms with van der Waals surface area (Å²) in [6.07, 6.45) is 4.32. The van der Waals surface area contributed by atoms with Gasteiger partial charge < -0.3 is 10.6 Å². The van der Waals surface area contributed by atoms with Crippen molar-refractivity contribution in [1.82, 2.24) is 10.6 Å². The Kier molecular flexibility index (Phi) is 5.79. The highest BCUT2D eigenvalue weighted by atomic mass is 19.1. The van der Waals surface area contributed by atoms with Crippen LogP contribution in [-0.4, -0.2) is 31.6 Å². The van der Waals surface area contributed by atoms with Gasteiger partial charge in [-0.2, -0.15) is 0 Å². The van der Waals surface area contributed by atoms with Gasteiger partial charge in [-0.3, -0.25) is 9.69 Å². The van der Waals surface area contributed by atoms with E-state index >= 15 is 0 Å². The van der Waals surface area contributed by atoms with Gasteiger partial charge in [0, 0.05) is 25.3 Å². The molecular formula is C23H26FN3O2. The maximum absolute atomic E-state index is 14.2. The number of urea groups is 1. The Labute approximate surface area is 170 Å². The van der Waals surface area contributed by atoms with Crippen molar-refractivity contribution in [3.05, 3.63) is 65.5 Å². The summed E-state index contributed by atoms with van der Waals surface area (Å²) in [4.78, 5) is 25.9. The fourth-order valence-corrected chi connectivity index (χ4v) is 4.33. The third-order valence-electron chi connectivity index (χ3n) is 6.03. The summed E-state index contributed by atoms with van der Waals surface area (Å²) < 4.78 is 14.2. The highest BCUT2D eigenvalue weighted by molar-refractivity contribution is 5.98. The van der Waals surface area contributed by atoms with Gasteiger partial charge in [0.2, 0.25) is 0 Å². The van der Waals surface area contributed by atoms with Gasteiger partial charge in [0.15, 0.2) is 0 Å². The lowest BCUT2D eigenvalue weighted by molar-refractivity contribution is 0.0939. The molecule has 0 unspecified atom stereocenters. The van der Waals surface area contributed by atoms with Gasteiger partial charge in [0.25, 0.3) is 5.91 Å². The molecule has 1 saturated carbocycles. The zero-order valence-corrected chi connectivity index (χ0v) is 16.4. The van der Waals surface area contributed by atoms with Crippen LogP contribution in [-0.2, 0) is 0 Å². The summed E-state index contributed by atoms with van der Waals surface area (Å²) in [5.41, 5.74) is 1.91. The van der Waals surface area contributed by atoms with Crippen LogP contribution in [0.1, 0.15) is 47.5 Å². The molecule has 2 fully saturated rings. The minimum absolute atomic E-state index is 0.0137. The molecular weight excluding hydrogens is 369 g/mol. The van der Waals surface area contributed by atoms with Gasteiger partial charge in [0.05, 0.1) is 5.56 Å². The summed E-state index contributed by atoms with van der Waals surface area (Å²) in [6, 6.07) is 14.6. The molecule has 2 aromatic rings. The van der Waals surface area contributed by atoms with E-state index in [4.69, 9.17) is 0 Å². The highest BCUT2D eigenvalue weighted by Crippen LogP contribution is 2.35. The van der Waals surface area contributed by atoms with Crippen molar-refractivity contribution in [1.29, 1.82) is 0 Å². The molecule has 0 atom stereocenters. The van der Waals surface area contributed by atoms with Crippen LogP contribution in [0.15, 0.2) is 48.5 Å². The fraction of sp³-hybridized carbons (Fsp3) is 0.391. The lowest BCUT2D eigenvalue weighted by atomic mass is 9.78. The zero-order valence-electron chi connectivity index (χ0n) is 16.4. The van der Waals surface area contributed by atoms with Crippen molar-refractivity contribution in [2.45, 2.75) is 31.6 Å². The normalized spacial score (nSPS) is 21.7. The van der Waals surface area contributed by atoms with Gasteiger partial charge in [-0.05, 0) is 61.3 Å². The summed E-state index contributed by atoms with van der Waals surface area (Å²) >= 11 is 0. The maximum Gasteiger partial charge on any atom is 0.321 e. The molecule has 4 rings (SSSR count). The number of carbonyl (C=O) groups is 2. The lowest BCUT2D eigenvalue weighted by Gasteiger charge is -2.29. The molecule has 2 aliphatic rings. The SMILES string of the molecule is O=C(NCC1CCC(c2ccccc2)CC1)c1cc(N2CCNC2=O)ccc1F. The summed E-state index contributed by atoms with van der Waals surface area (Å²) in [5, 5.41) is 5.60. The van der Waals surface area contributed by atoms with Crippen molar-refractivity contribution in [2.75, 3.05) is 24.5 Å². The Bertz CT molecular complexity index is 879. The number of hydrogen-bond donors (Lipinski definition) is 2. The number of halogens is 1. The minimum Gasteiger partial charge on any atom is -0.352 e. The number of hydrogen-bond acceptors (Lipinski definition) is 2. The van der Waals surface area contributed by atoms with Crippen LogP contribution in [0.5, 0.6) is 0 Å². The molecule has 1 heterocycles. The third-order valence-corrected chi connectivity index (χ3v) is 6.03. The number of rotatable bonds is 5. The van der Waals surface area contributed by atoms with E-state index < -0.39 is 11.7 Å². The summed E-state index contributed by atoms with van der Waals surface area (Å²) in [5.74, 6) is 0.00572. The number of benzene rings is 2. The fourth-order valence-electron chi connectivity index (χ4n) is 4.33. The molecule has 152 valence electrons. The second-order valence-corrected chi connectivity index (χ2v) is 7.89. The number of nitrogens with one attached hydrogen (secondary N) is 2. The number of nitrogens with zero attached hydrogens (tertiary/aromatic N) is 1. The van der Waals surface area contributed by atoms with Crippen LogP contribution in [0.3, 0.4) is 0 Å². The Hall–Kier alpha value is -2.89. The van der Waals surface area contributed by atoms with Crippen molar-refractivity contribution >= 4 is 17.6 Å². The first-order valence-electron chi connectivity index (χ1n) is 10.3. The van der Waals surface area contributed by atoms with Gasteiger partial charge in [-0.1, -0.05) is 30.3 Å². The van der Waals surface area contributed by atoms with Crippen LogP contribution in [0.25, 0.3) is 0 Å². The van der Waals surface area contributed by atoms with E-state index in [-0.39, 0.29) is 11.6 Å². The molecule has 3 amide bonds. The zero-order chi connectivity index (χ0) is 20.2. The lowest BCUT2D eigenvalue weighted by Crippen LogP contribution is -2.32. The first-order chi connectivity index (χ1) is 14.1. The van der Waals surface area contributed by atoms with Gasteiger partial charge in [0.1, 0.15) is 5.82 Å². The van der Waals surface area contributed by atoms with Crippen molar-refractivity contribution in [3.8, 4) is 0 Å². The summed E-state index contributed by atoms with van der Waals surface area (Å²) in [7, 11) is 0. The average molecular weight is 395 g/mol. The number of amides is 3. The molecule has 29 heavy (non-hydrogen) atoms. The molecule has 0 spiro atoms. The van der Waals surface area contributed by atoms with E-state index in [2.05, 4.69) is 34.9 Å². The first kappa shape index (κ1) is 19.4. The van der Waals surface area contributed by atoms with Gasteiger partial charge in [-0.25, -0.2) is 9.18 Å². The Morgan fingerprint density at radius 3 is 2.55 bits per heavy atom. The van der Waals surface area contributed by atoms with E-state index in [0.717, 1.165) is 25.7 Å². The molecule has 0 aromatic heterocycles. The molecule has 0 radical (unpaired) electrons. The predicted octanol–water partition coefficient (Wildman–Crippen LogP) is 4.06. The molecule has 1 saturated heterocycles. The average Bonchev–Trinajstić information content (AvgIpc) is 3.19. The maximum atomic E-state index is 14.2. The first-order valence-corrected chi connectivity index (χ1v) is 10.3. The smallest absolute Gasteiger partial charge is 0.321 e. The molecule has 1 aliphatic carbocycles. The summed E-state index contributed by atoms with van der Waals surface area (Å²) in [6.45, 7) is 1.60. The third kappa shape index (κ3) is 4.42. The van der Waals surface area contributed by atoms with Crippen LogP contribution in [0, 0.1) is 11.7 Å². The number of anilines is 1. The largest absolute Gasteiger partial charge is 0.352 e. The number of carbonyl (C=O) groups excluding carboxylic acids is 2. The van der Waals surface area contributed by atoms with Crippen molar-refractivity contribution < 1.29 is 14.0 Å². The van der Waals surface area contributed by atoms with Crippen LogP contribution < -0.4 is 15.5 Å². The second kappa shape index (κ2) is 8.64. The monoisotopic (exact) mass is 395 g/mol. The van der Waals surface area contributed by atoms with E-state index in [1.165, 1.54) is 28.7 Å². The Balaban J connectivity index is 1.33. The minimum atomic E-state index is -0.571. The molecule has 2 N–H and O–H groups in total. The van der Waals surface area contributed by atoms with Crippen LogP contribution >= 0.6 is 0 Å². The standard InChI is InChI=1S/C23H26FN3O2/c24-21-11-10-19(27-13-12-25-23(27)29)14-20(21)22(28)26-15-16-6-8-18(9-7-16)17-4-2-1-3-5-17/h1-5,10-11,14,16,18H,6-9,12-13,15H2,(H,25,29)(H,26,28). The van der Waals surface area contributed by atoms with Crippen LogP contribution in [0.2, 0.25) is 0 Å². The second-order valence-electron chi connectivity index (χ2n) is 7.89. The molecule has 2 aromatic carbocycles. The van der Waals surface area contributed by atoms with E-state index in [1.54, 1.807) is 0 Å². The molecule has 6 heteroatoms. The molecule has 1 aliphatic heterocycles. The van der Waals surface area contributed by atoms with Gasteiger partial charge in [-0.15, -0.1) is 0 Å². The quantitative estimate of drug-likeness (QED) is 0.802. The van der Waals surface area contributed by atoms with Gasteiger partial charge >= 0.3 is 6.03 Å². The predicted molar refractivity (Wildman–Crippen MR) is 111 cm³/mol. The molecule has 5 nitrogen and oxygen atoms in total. The van der Waals surface area contributed by atoms with E-state index in [1.807, 2.05) is 6.07 Å². The Morgan fingerprint density at radius 2 is 1.86 bits per heavy atom.